The van der Waals surface area contributed by atoms with Crippen LogP contribution in [0.4, 0.5) is 10.5 Å². The van der Waals surface area contributed by atoms with Crippen LogP contribution in [0.3, 0.4) is 0 Å². The highest BCUT2D eigenvalue weighted by atomic mass is 16.6. The fraction of sp³-hybridized carbons (Fsp3) is 0.556. The lowest BCUT2D eigenvalue weighted by Gasteiger charge is -2.29. The molecule has 0 fully saturated rings. The van der Waals surface area contributed by atoms with Gasteiger partial charge in [0.05, 0.1) is 6.10 Å². The lowest BCUT2D eigenvalue weighted by atomic mass is 10.0. The van der Waals surface area contributed by atoms with Crippen molar-refractivity contribution in [2.75, 3.05) is 11.4 Å². The Kier molecular flexibility index (Phi) is 7.07. The molecule has 0 unspecified atom stereocenters. The summed E-state index contributed by atoms with van der Waals surface area (Å²) < 4.78 is 5.10. The molecule has 0 bridgehead atoms. The molecule has 1 rings (SSSR count). The van der Waals surface area contributed by atoms with Crippen molar-refractivity contribution in [2.24, 2.45) is 5.92 Å². The summed E-state index contributed by atoms with van der Waals surface area (Å²) >= 11 is 0. The molecule has 0 aliphatic carbocycles. The molecule has 0 heterocycles. The number of nitrogens with zero attached hydrogens (tertiary/aromatic N) is 1. The van der Waals surface area contributed by atoms with Crippen LogP contribution in [-0.2, 0) is 9.53 Å². The SMILES string of the molecule is CCN(C(=O)[C@@H](NC(=O)OC(C)C)C(C)C)c1cccc(C)c1. The van der Waals surface area contributed by atoms with E-state index in [2.05, 4.69) is 5.32 Å². The highest BCUT2D eigenvalue weighted by Gasteiger charge is 2.29. The highest BCUT2D eigenvalue weighted by Crippen LogP contribution is 2.18. The number of alkyl carbamates (subject to hydrolysis) is 1. The standard InChI is InChI=1S/C18H28N2O3/c1-7-20(15-10-8-9-14(6)11-15)17(21)16(12(2)3)19-18(22)23-13(4)5/h8-13,16H,7H2,1-6H3,(H,19,22)/t16-/m0/s1. The third-order valence-corrected chi connectivity index (χ3v) is 3.44. The van der Waals surface area contributed by atoms with Gasteiger partial charge in [-0.25, -0.2) is 4.79 Å². The predicted octanol–water partition coefficient (Wildman–Crippen LogP) is 3.51. The first kappa shape index (κ1) is 19.0. The molecule has 1 N–H and O–H groups in total. The second-order valence-electron chi connectivity index (χ2n) is 6.24. The zero-order valence-corrected chi connectivity index (χ0v) is 14.9. The molecule has 128 valence electrons. The molecule has 1 aromatic carbocycles. The summed E-state index contributed by atoms with van der Waals surface area (Å²) in [5.41, 5.74) is 1.92. The fourth-order valence-corrected chi connectivity index (χ4v) is 2.32. The molecule has 0 saturated heterocycles. The predicted molar refractivity (Wildman–Crippen MR) is 92.6 cm³/mol. The van der Waals surface area contributed by atoms with Gasteiger partial charge >= 0.3 is 6.09 Å². The second kappa shape index (κ2) is 8.56. The Morgan fingerprint density at radius 3 is 2.35 bits per heavy atom. The van der Waals surface area contributed by atoms with Crippen molar-refractivity contribution in [1.82, 2.24) is 5.32 Å². The van der Waals surface area contributed by atoms with Gasteiger partial charge in [-0.15, -0.1) is 0 Å². The van der Waals surface area contributed by atoms with Crippen LogP contribution >= 0.6 is 0 Å². The van der Waals surface area contributed by atoms with Crippen LogP contribution < -0.4 is 10.2 Å². The molecule has 1 aromatic rings. The number of carbonyl (C=O) groups excluding carboxylic acids is 2. The molecule has 1 atom stereocenters. The van der Waals surface area contributed by atoms with E-state index in [0.29, 0.717) is 6.54 Å². The number of benzene rings is 1. The van der Waals surface area contributed by atoms with Crippen LogP contribution in [0.1, 0.15) is 40.2 Å². The first-order valence-corrected chi connectivity index (χ1v) is 8.11. The number of nitrogens with one attached hydrogen (secondary N) is 1. The van der Waals surface area contributed by atoms with Gasteiger partial charge in [0, 0.05) is 12.2 Å². The molecule has 0 spiro atoms. The highest BCUT2D eigenvalue weighted by molar-refractivity contribution is 5.98. The summed E-state index contributed by atoms with van der Waals surface area (Å²) in [6.07, 6.45) is -0.788. The average molecular weight is 320 g/mol. The van der Waals surface area contributed by atoms with Gasteiger partial charge in [-0.2, -0.15) is 0 Å². The van der Waals surface area contributed by atoms with E-state index in [1.807, 2.05) is 52.0 Å². The molecule has 0 aliphatic heterocycles. The van der Waals surface area contributed by atoms with Gasteiger partial charge in [-0.3, -0.25) is 4.79 Å². The third-order valence-electron chi connectivity index (χ3n) is 3.44. The molecule has 23 heavy (non-hydrogen) atoms. The van der Waals surface area contributed by atoms with E-state index in [1.165, 1.54) is 0 Å². The Balaban J connectivity index is 2.96. The van der Waals surface area contributed by atoms with Gasteiger partial charge < -0.3 is 15.0 Å². The van der Waals surface area contributed by atoms with Gasteiger partial charge in [-0.1, -0.05) is 26.0 Å². The monoisotopic (exact) mass is 320 g/mol. The Morgan fingerprint density at radius 2 is 1.87 bits per heavy atom. The van der Waals surface area contributed by atoms with E-state index in [9.17, 15) is 9.59 Å². The van der Waals surface area contributed by atoms with Crippen molar-refractivity contribution in [3.05, 3.63) is 29.8 Å². The molecule has 5 nitrogen and oxygen atoms in total. The normalized spacial score (nSPS) is 12.2. The number of aryl methyl sites for hydroxylation is 1. The average Bonchev–Trinajstić information content (AvgIpc) is 2.44. The summed E-state index contributed by atoms with van der Waals surface area (Å²) in [6.45, 7) is 11.8. The number of amides is 2. The van der Waals surface area contributed by atoms with Gasteiger partial charge in [0.2, 0.25) is 5.91 Å². The molecule has 2 amide bonds. The molecule has 0 aromatic heterocycles. The zero-order valence-electron chi connectivity index (χ0n) is 14.9. The van der Waals surface area contributed by atoms with Gasteiger partial charge in [-0.05, 0) is 51.3 Å². The number of rotatable bonds is 6. The van der Waals surface area contributed by atoms with Gasteiger partial charge in [0.15, 0.2) is 0 Å². The van der Waals surface area contributed by atoms with Crippen molar-refractivity contribution < 1.29 is 14.3 Å². The minimum absolute atomic E-state index is 0.0407. The minimum Gasteiger partial charge on any atom is -0.447 e. The number of likely N-dealkylation sites (N-methyl/N-ethyl adjacent to an activating group) is 1. The molecule has 0 radical (unpaired) electrons. The molecular weight excluding hydrogens is 292 g/mol. The molecule has 0 saturated carbocycles. The molecule has 5 heteroatoms. The van der Waals surface area contributed by atoms with E-state index in [0.717, 1.165) is 11.3 Å². The Bertz CT molecular complexity index is 541. The Labute approximate surface area is 139 Å². The van der Waals surface area contributed by atoms with E-state index in [4.69, 9.17) is 4.74 Å². The lowest BCUT2D eigenvalue weighted by molar-refractivity contribution is -0.121. The van der Waals surface area contributed by atoms with E-state index >= 15 is 0 Å². The van der Waals surface area contributed by atoms with Crippen molar-refractivity contribution in [3.63, 3.8) is 0 Å². The number of hydrogen-bond acceptors (Lipinski definition) is 3. The Hall–Kier alpha value is -2.04. The summed E-state index contributed by atoms with van der Waals surface area (Å²) in [7, 11) is 0. The fourth-order valence-electron chi connectivity index (χ4n) is 2.32. The smallest absolute Gasteiger partial charge is 0.408 e. The van der Waals surface area contributed by atoms with Crippen LogP contribution in [0.5, 0.6) is 0 Å². The van der Waals surface area contributed by atoms with Crippen LogP contribution in [0.25, 0.3) is 0 Å². The maximum absolute atomic E-state index is 12.9. The lowest BCUT2D eigenvalue weighted by Crippen LogP contribution is -2.51. The maximum Gasteiger partial charge on any atom is 0.408 e. The van der Waals surface area contributed by atoms with Crippen molar-refractivity contribution in [2.45, 2.75) is 53.7 Å². The summed E-state index contributed by atoms with van der Waals surface area (Å²) in [4.78, 5) is 26.5. The minimum atomic E-state index is -0.623. The topological polar surface area (TPSA) is 58.6 Å². The number of anilines is 1. The van der Waals surface area contributed by atoms with Crippen molar-refractivity contribution in [3.8, 4) is 0 Å². The third kappa shape index (κ3) is 5.58. The van der Waals surface area contributed by atoms with Crippen LogP contribution in [0.2, 0.25) is 0 Å². The maximum atomic E-state index is 12.9. The second-order valence-corrected chi connectivity index (χ2v) is 6.24. The van der Waals surface area contributed by atoms with Gasteiger partial charge in [0.1, 0.15) is 6.04 Å². The summed E-state index contributed by atoms with van der Waals surface area (Å²) in [5.74, 6) is -0.171. The summed E-state index contributed by atoms with van der Waals surface area (Å²) in [6, 6.07) is 7.15. The largest absolute Gasteiger partial charge is 0.447 e. The molecule has 0 aliphatic rings. The van der Waals surface area contributed by atoms with E-state index < -0.39 is 12.1 Å². The summed E-state index contributed by atoms with van der Waals surface area (Å²) in [5, 5.41) is 2.69. The van der Waals surface area contributed by atoms with Crippen LogP contribution in [-0.4, -0.2) is 30.7 Å². The number of ether oxygens (including phenoxy) is 1. The quantitative estimate of drug-likeness (QED) is 0.872. The first-order chi connectivity index (χ1) is 10.8. The first-order valence-electron chi connectivity index (χ1n) is 8.11. The molecular formula is C18H28N2O3. The van der Waals surface area contributed by atoms with Crippen molar-refractivity contribution >= 4 is 17.7 Å². The Morgan fingerprint density at radius 1 is 1.22 bits per heavy atom. The van der Waals surface area contributed by atoms with E-state index in [-0.39, 0.29) is 17.9 Å². The van der Waals surface area contributed by atoms with Crippen molar-refractivity contribution in [1.29, 1.82) is 0 Å². The van der Waals surface area contributed by atoms with Crippen LogP contribution in [0.15, 0.2) is 24.3 Å². The number of carbonyl (C=O) groups is 2. The zero-order chi connectivity index (χ0) is 17.6. The number of hydrogen-bond donors (Lipinski definition) is 1. The van der Waals surface area contributed by atoms with E-state index in [1.54, 1.807) is 18.7 Å². The van der Waals surface area contributed by atoms with Crippen LogP contribution in [0, 0.1) is 12.8 Å². The van der Waals surface area contributed by atoms with Gasteiger partial charge in [0.25, 0.3) is 0 Å².